The fourth-order valence-electron chi connectivity index (χ4n) is 3.48. The Balaban J connectivity index is 2.03. The SMILES string of the molecule is CCCCN(CCCC)C1CCC=CN2CCCNC12. The van der Waals surface area contributed by atoms with E-state index in [4.69, 9.17) is 0 Å². The molecule has 1 fully saturated rings. The van der Waals surface area contributed by atoms with Crippen molar-refractivity contribution in [2.75, 3.05) is 26.2 Å². The lowest BCUT2D eigenvalue weighted by Crippen LogP contribution is -2.60. The molecule has 1 saturated heterocycles. The number of fused-ring (bicyclic) bond motifs is 1. The predicted molar refractivity (Wildman–Crippen MR) is 86.7 cm³/mol. The number of nitrogens with zero attached hydrogens (tertiary/aromatic N) is 2. The Morgan fingerprint density at radius 1 is 1.20 bits per heavy atom. The van der Waals surface area contributed by atoms with Gasteiger partial charge in [-0.25, -0.2) is 0 Å². The first-order valence-corrected chi connectivity index (χ1v) is 8.76. The summed E-state index contributed by atoms with van der Waals surface area (Å²) in [6.45, 7) is 9.55. The van der Waals surface area contributed by atoms with E-state index in [1.54, 1.807) is 0 Å². The summed E-state index contributed by atoms with van der Waals surface area (Å²) in [7, 11) is 0. The minimum absolute atomic E-state index is 0.538. The van der Waals surface area contributed by atoms with Gasteiger partial charge in [0.05, 0.1) is 6.17 Å². The van der Waals surface area contributed by atoms with Crippen LogP contribution in [-0.4, -0.2) is 48.2 Å². The Labute approximate surface area is 125 Å². The zero-order valence-corrected chi connectivity index (χ0v) is 13.5. The molecular formula is C17H33N3. The van der Waals surface area contributed by atoms with Crippen LogP contribution >= 0.6 is 0 Å². The van der Waals surface area contributed by atoms with E-state index in [-0.39, 0.29) is 0 Å². The van der Waals surface area contributed by atoms with E-state index >= 15 is 0 Å². The lowest BCUT2D eigenvalue weighted by Gasteiger charge is -2.44. The molecule has 0 aromatic carbocycles. The van der Waals surface area contributed by atoms with Crippen molar-refractivity contribution in [1.82, 2.24) is 15.1 Å². The smallest absolute Gasteiger partial charge is 0.0948 e. The minimum atomic E-state index is 0.538. The van der Waals surface area contributed by atoms with Gasteiger partial charge in [0, 0.05) is 12.6 Å². The highest BCUT2D eigenvalue weighted by Crippen LogP contribution is 2.22. The molecule has 116 valence electrons. The van der Waals surface area contributed by atoms with E-state index in [1.165, 1.54) is 71.1 Å². The molecule has 3 heteroatoms. The van der Waals surface area contributed by atoms with Gasteiger partial charge in [-0.05, 0) is 57.9 Å². The predicted octanol–water partition coefficient (Wildman–Crippen LogP) is 3.19. The Morgan fingerprint density at radius 3 is 2.65 bits per heavy atom. The van der Waals surface area contributed by atoms with Crippen LogP contribution in [0.1, 0.15) is 58.8 Å². The van der Waals surface area contributed by atoms with Crippen molar-refractivity contribution in [3.63, 3.8) is 0 Å². The van der Waals surface area contributed by atoms with Gasteiger partial charge in [0.2, 0.25) is 0 Å². The highest BCUT2D eigenvalue weighted by Gasteiger charge is 2.32. The summed E-state index contributed by atoms with van der Waals surface area (Å²) >= 11 is 0. The molecule has 1 N–H and O–H groups in total. The van der Waals surface area contributed by atoms with Crippen LogP contribution in [0.25, 0.3) is 0 Å². The summed E-state index contributed by atoms with van der Waals surface area (Å²) in [5.41, 5.74) is 0. The summed E-state index contributed by atoms with van der Waals surface area (Å²) in [6, 6.07) is 0.684. The maximum Gasteiger partial charge on any atom is 0.0948 e. The van der Waals surface area contributed by atoms with Crippen LogP contribution in [0.15, 0.2) is 12.3 Å². The van der Waals surface area contributed by atoms with Crippen molar-refractivity contribution in [1.29, 1.82) is 0 Å². The molecule has 0 bridgehead atoms. The molecule has 0 aromatic rings. The quantitative estimate of drug-likeness (QED) is 0.772. The van der Waals surface area contributed by atoms with Crippen LogP contribution in [-0.2, 0) is 0 Å². The average molecular weight is 279 g/mol. The van der Waals surface area contributed by atoms with Gasteiger partial charge in [-0.1, -0.05) is 32.8 Å². The maximum atomic E-state index is 3.78. The molecule has 2 aliphatic heterocycles. The molecule has 2 unspecified atom stereocenters. The molecule has 2 aliphatic rings. The van der Waals surface area contributed by atoms with Crippen LogP contribution in [0.5, 0.6) is 0 Å². The van der Waals surface area contributed by atoms with Crippen LogP contribution in [0.3, 0.4) is 0 Å². The Hall–Kier alpha value is -0.540. The van der Waals surface area contributed by atoms with Crippen molar-refractivity contribution in [2.45, 2.75) is 71.0 Å². The minimum Gasteiger partial charge on any atom is -0.361 e. The second-order valence-electron chi connectivity index (χ2n) is 6.26. The molecule has 0 radical (unpaired) electrons. The first kappa shape index (κ1) is 15.8. The van der Waals surface area contributed by atoms with Gasteiger partial charge in [0.15, 0.2) is 0 Å². The van der Waals surface area contributed by atoms with Crippen molar-refractivity contribution in [2.24, 2.45) is 0 Å². The van der Waals surface area contributed by atoms with E-state index in [1.807, 2.05) is 0 Å². The molecule has 0 saturated carbocycles. The van der Waals surface area contributed by atoms with Gasteiger partial charge in [0.25, 0.3) is 0 Å². The standard InChI is InChI=1S/C17H33N3/c1-3-5-12-19(13-6-4-2)16-10-7-8-14-20-15-9-11-18-17(16)20/h8,14,16-18H,3-7,9-13,15H2,1-2H3. The van der Waals surface area contributed by atoms with Crippen LogP contribution in [0.2, 0.25) is 0 Å². The molecular weight excluding hydrogens is 246 g/mol. The second-order valence-corrected chi connectivity index (χ2v) is 6.26. The van der Waals surface area contributed by atoms with Gasteiger partial charge in [-0.15, -0.1) is 0 Å². The molecule has 20 heavy (non-hydrogen) atoms. The number of hydrogen-bond donors (Lipinski definition) is 1. The highest BCUT2D eigenvalue weighted by atomic mass is 15.3. The summed E-state index contributed by atoms with van der Waals surface area (Å²) in [6.07, 6.45) is 14.3. The summed E-state index contributed by atoms with van der Waals surface area (Å²) < 4.78 is 0. The molecule has 0 aromatic heterocycles. The first-order valence-electron chi connectivity index (χ1n) is 8.76. The zero-order valence-electron chi connectivity index (χ0n) is 13.5. The second kappa shape index (κ2) is 8.68. The van der Waals surface area contributed by atoms with Crippen LogP contribution in [0.4, 0.5) is 0 Å². The third-order valence-corrected chi connectivity index (χ3v) is 4.66. The van der Waals surface area contributed by atoms with Crippen molar-refractivity contribution in [3.8, 4) is 0 Å². The molecule has 0 aliphatic carbocycles. The molecule has 2 rings (SSSR count). The lowest BCUT2D eigenvalue weighted by atomic mass is 10.0. The van der Waals surface area contributed by atoms with Gasteiger partial charge in [-0.3, -0.25) is 10.2 Å². The fraction of sp³-hybridized carbons (Fsp3) is 0.882. The first-order chi connectivity index (χ1) is 9.86. The van der Waals surface area contributed by atoms with Crippen molar-refractivity contribution >= 4 is 0 Å². The summed E-state index contributed by atoms with van der Waals surface area (Å²) in [4.78, 5) is 5.32. The normalized spacial score (nSPS) is 26.6. The molecule has 3 nitrogen and oxygen atoms in total. The van der Waals surface area contributed by atoms with Crippen molar-refractivity contribution < 1.29 is 0 Å². The zero-order chi connectivity index (χ0) is 14.2. The van der Waals surface area contributed by atoms with Crippen LogP contribution < -0.4 is 5.32 Å². The molecule has 0 spiro atoms. The van der Waals surface area contributed by atoms with Crippen LogP contribution in [0, 0.1) is 0 Å². The Kier molecular flexibility index (Phi) is 6.88. The fourth-order valence-corrected chi connectivity index (χ4v) is 3.48. The van der Waals surface area contributed by atoms with Gasteiger partial charge in [0.1, 0.15) is 0 Å². The molecule has 0 amide bonds. The third kappa shape index (κ3) is 4.23. The van der Waals surface area contributed by atoms with E-state index < -0.39 is 0 Å². The van der Waals surface area contributed by atoms with Crippen molar-refractivity contribution in [3.05, 3.63) is 12.3 Å². The number of rotatable bonds is 7. The van der Waals surface area contributed by atoms with E-state index in [0.717, 1.165) is 0 Å². The number of allylic oxidation sites excluding steroid dienone is 1. The monoisotopic (exact) mass is 279 g/mol. The number of unbranched alkanes of at least 4 members (excludes halogenated alkanes) is 2. The van der Waals surface area contributed by atoms with E-state index in [2.05, 4.69) is 41.2 Å². The maximum absolute atomic E-state index is 3.78. The van der Waals surface area contributed by atoms with Gasteiger partial charge < -0.3 is 4.90 Å². The number of nitrogens with one attached hydrogen (secondary N) is 1. The summed E-state index contributed by atoms with van der Waals surface area (Å²) in [5.74, 6) is 0. The average Bonchev–Trinajstić information content (AvgIpc) is 2.70. The van der Waals surface area contributed by atoms with Gasteiger partial charge >= 0.3 is 0 Å². The topological polar surface area (TPSA) is 18.5 Å². The van der Waals surface area contributed by atoms with E-state index in [9.17, 15) is 0 Å². The van der Waals surface area contributed by atoms with Gasteiger partial charge in [-0.2, -0.15) is 0 Å². The largest absolute Gasteiger partial charge is 0.361 e. The van der Waals surface area contributed by atoms with E-state index in [0.29, 0.717) is 12.2 Å². The summed E-state index contributed by atoms with van der Waals surface area (Å²) in [5, 5.41) is 3.78. The molecule has 2 heterocycles. The lowest BCUT2D eigenvalue weighted by molar-refractivity contribution is 0.0648. The Morgan fingerprint density at radius 2 is 1.95 bits per heavy atom. The molecule has 2 atom stereocenters. The Bertz CT molecular complexity index is 282. The highest BCUT2D eigenvalue weighted by molar-refractivity contribution is 4.98. The number of hydrogen-bond acceptors (Lipinski definition) is 3. The third-order valence-electron chi connectivity index (χ3n) is 4.66.